The zero-order valence-corrected chi connectivity index (χ0v) is 18.8. The first kappa shape index (κ1) is 21.8. The van der Waals surface area contributed by atoms with E-state index in [9.17, 15) is 13.2 Å². The highest BCUT2D eigenvalue weighted by Gasteiger charge is 2.31. The van der Waals surface area contributed by atoms with E-state index in [0.29, 0.717) is 32.0 Å². The summed E-state index contributed by atoms with van der Waals surface area (Å²) in [4.78, 5) is 12.7. The molecule has 1 aliphatic heterocycles. The van der Waals surface area contributed by atoms with Crippen LogP contribution in [-0.4, -0.2) is 37.8 Å². The molecule has 0 radical (unpaired) electrons. The van der Waals surface area contributed by atoms with Crippen LogP contribution in [0.5, 0.6) is 0 Å². The van der Waals surface area contributed by atoms with Gasteiger partial charge in [0.25, 0.3) is 0 Å². The lowest BCUT2D eigenvalue weighted by molar-refractivity contribution is -0.127. The summed E-state index contributed by atoms with van der Waals surface area (Å²) in [6.45, 7) is 0.859. The number of piperidine rings is 1. The largest absolute Gasteiger partial charge is 0.353 e. The van der Waals surface area contributed by atoms with Crippen molar-refractivity contribution in [3.05, 3.63) is 34.3 Å². The van der Waals surface area contributed by atoms with Gasteiger partial charge in [0.15, 0.2) is 0 Å². The number of benzene rings is 1. The Morgan fingerprint density at radius 1 is 1.04 bits per heavy atom. The molecule has 0 bridgehead atoms. The van der Waals surface area contributed by atoms with Crippen molar-refractivity contribution in [2.24, 2.45) is 5.92 Å². The van der Waals surface area contributed by atoms with Crippen molar-refractivity contribution < 1.29 is 13.2 Å². The van der Waals surface area contributed by atoms with E-state index in [1.165, 1.54) is 32.1 Å². The number of sulfonamides is 1. The lowest BCUT2D eigenvalue weighted by Crippen LogP contribution is -2.45. The van der Waals surface area contributed by atoms with Crippen molar-refractivity contribution in [1.82, 2.24) is 9.62 Å². The second-order valence-electron chi connectivity index (χ2n) is 8.11. The Morgan fingerprint density at radius 3 is 2.32 bits per heavy atom. The zero-order chi connectivity index (χ0) is 20.0. The number of nitrogens with zero attached hydrogens (tertiary/aromatic N) is 1. The maximum absolute atomic E-state index is 12.7. The van der Waals surface area contributed by atoms with Gasteiger partial charge in [-0.05, 0) is 43.4 Å². The number of carbonyl (C=O) groups is 1. The van der Waals surface area contributed by atoms with E-state index in [0.717, 1.165) is 22.9 Å². The summed E-state index contributed by atoms with van der Waals surface area (Å²) >= 11 is 3.39. The average Bonchev–Trinajstić information content (AvgIpc) is 2.63. The molecular formula is C21H31BrN2O3S. The third-order valence-electron chi connectivity index (χ3n) is 5.91. The molecule has 7 heteroatoms. The molecule has 2 fully saturated rings. The van der Waals surface area contributed by atoms with Crippen molar-refractivity contribution in [2.45, 2.75) is 69.6 Å². The number of carbonyl (C=O) groups excluding carboxylic acids is 1. The van der Waals surface area contributed by atoms with E-state index in [2.05, 4.69) is 21.2 Å². The molecule has 1 N–H and O–H groups in total. The van der Waals surface area contributed by atoms with E-state index in [-0.39, 0.29) is 17.6 Å². The molecule has 1 amide bonds. The third-order valence-corrected chi connectivity index (χ3v) is 8.25. The smallest absolute Gasteiger partial charge is 0.223 e. The van der Waals surface area contributed by atoms with Crippen LogP contribution in [0, 0.1) is 5.92 Å². The molecule has 0 aromatic heterocycles. The Balaban J connectivity index is 1.49. The molecular weight excluding hydrogens is 440 g/mol. The molecule has 0 spiro atoms. The predicted molar refractivity (Wildman–Crippen MR) is 115 cm³/mol. The first-order chi connectivity index (χ1) is 13.4. The minimum atomic E-state index is -3.36. The number of hydrogen-bond acceptors (Lipinski definition) is 3. The molecule has 156 valence electrons. The van der Waals surface area contributed by atoms with Crippen LogP contribution in [-0.2, 0) is 20.6 Å². The van der Waals surface area contributed by atoms with Crippen LogP contribution in [0.2, 0.25) is 0 Å². The van der Waals surface area contributed by atoms with Crippen molar-refractivity contribution in [2.75, 3.05) is 13.1 Å². The minimum absolute atomic E-state index is 0.00533. The van der Waals surface area contributed by atoms with Gasteiger partial charge < -0.3 is 5.32 Å². The van der Waals surface area contributed by atoms with Crippen LogP contribution in [0.15, 0.2) is 28.7 Å². The Kier molecular flexibility index (Phi) is 7.94. The SMILES string of the molecule is O=C(NC1CCCCCCC1)C1CCN(S(=O)(=O)Cc2cccc(Br)c2)CC1. The van der Waals surface area contributed by atoms with Crippen molar-refractivity contribution in [1.29, 1.82) is 0 Å². The molecule has 3 rings (SSSR count). The number of halogens is 1. The number of rotatable bonds is 5. The molecule has 1 aromatic rings. The van der Waals surface area contributed by atoms with E-state index in [4.69, 9.17) is 0 Å². The molecule has 5 nitrogen and oxygen atoms in total. The van der Waals surface area contributed by atoms with Crippen LogP contribution < -0.4 is 5.32 Å². The summed E-state index contributed by atoms with van der Waals surface area (Å²) in [7, 11) is -3.36. The van der Waals surface area contributed by atoms with Crippen molar-refractivity contribution in [3.63, 3.8) is 0 Å². The maximum Gasteiger partial charge on any atom is 0.223 e. The van der Waals surface area contributed by atoms with Crippen molar-refractivity contribution >= 4 is 31.9 Å². The summed E-state index contributed by atoms with van der Waals surface area (Å²) in [6, 6.07) is 7.70. The van der Waals surface area contributed by atoms with Gasteiger partial charge in [0, 0.05) is 29.5 Å². The molecule has 1 saturated heterocycles. The molecule has 1 saturated carbocycles. The van der Waals surface area contributed by atoms with Gasteiger partial charge in [0.1, 0.15) is 0 Å². The summed E-state index contributed by atoms with van der Waals surface area (Å²) < 4.78 is 27.9. The second kappa shape index (κ2) is 10.2. The first-order valence-corrected chi connectivity index (χ1v) is 12.9. The van der Waals surface area contributed by atoms with Gasteiger partial charge in [-0.1, -0.05) is 60.2 Å². The topological polar surface area (TPSA) is 66.5 Å². The van der Waals surface area contributed by atoms with Gasteiger partial charge in [0.05, 0.1) is 5.75 Å². The van der Waals surface area contributed by atoms with Crippen LogP contribution in [0.3, 0.4) is 0 Å². The number of hydrogen-bond donors (Lipinski definition) is 1. The van der Waals surface area contributed by atoms with Crippen LogP contribution in [0.25, 0.3) is 0 Å². The normalized spacial score (nSPS) is 21.0. The molecule has 0 atom stereocenters. The van der Waals surface area contributed by atoms with E-state index in [1.807, 2.05) is 24.3 Å². The van der Waals surface area contributed by atoms with E-state index in [1.54, 1.807) is 4.31 Å². The van der Waals surface area contributed by atoms with Crippen molar-refractivity contribution in [3.8, 4) is 0 Å². The quantitative estimate of drug-likeness (QED) is 0.700. The first-order valence-electron chi connectivity index (χ1n) is 10.5. The lowest BCUT2D eigenvalue weighted by Gasteiger charge is -2.32. The molecule has 1 aliphatic carbocycles. The highest BCUT2D eigenvalue weighted by Crippen LogP contribution is 2.24. The highest BCUT2D eigenvalue weighted by molar-refractivity contribution is 9.10. The summed E-state index contributed by atoms with van der Waals surface area (Å²) in [5.41, 5.74) is 0.776. The Morgan fingerprint density at radius 2 is 1.68 bits per heavy atom. The summed E-state index contributed by atoms with van der Waals surface area (Å²) in [5.74, 6) is 0.0585. The maximum atomic E-state index is 12.7. The van der Waals surface area contributed by atoms with Crippen LogP contribution in [0.4, 0.5) is 0 Å². The lowest BCUT2D eigenvalue weighted by atomic mass is 9.94. The van der Waals surface area contributed by atoms with Gasteiger partial charge in [-0.25, -0.2) is 12.7 Å². The standard InChI is InChI=1S/C21H31BrN2O3S/c22-19-8-6-7-17(15-19)16-28(26,27)24-13-11-18(12-14-24)21(25)23-20-9-4-2-1-3-5-10-20/h6-8,15,18,20H,1-5,9-14,16H2,(H,23,25). The average molecular weight is 471 g/mol. The van der Waals surface area contributed by atoms with Gasteiger partial charge in [0.2, 0.25) is 15.9 Å². The molecule has 2 aliphatic rings. The van der Waals surface area contributed by atoms with E-state index >= 15 is 0 Å². The Bertz CT molecular complexity index is 753. The second-order valence-corrected chi connectivity index (χ2v) is 11.0. The minimum Gasteiger partial charge on any atom is -0.353 e. The van der Waals surface area contributed by atoms with Gasteiger partial charge in [-0.3, -0.25) is 4.79 Å². The van der Waals surface area contributed by atoms with Gasteiger partial charge in [-0.15, -0.1) is 0 Å². The third kappa shape index (κ3) is 6.29. The highest BCUT2D eigenvalue weighted by atomic mass is 79.9. The Hall–Kier alpha value is -0.920. The van der Waals surface area contributed by atoms with E-state index < -0.39 is 10.0 Å². The zero-order valence-electron chi connectivity index (χ0n) is 16.4. The summed E-state index contributed by atoms with van der Waals surface area (Å²) in [5, 5.41) is 3.24. The van der Waals surface area contributed by atoms with Crippen LogP contribution in [0.1, 0.15) is 63.4 Å². The number of nitrogens with one attached hydrogen (secondary N) is 1. The monoisotopic (exact) mass is 470 g/mol. The molecule has 1 heterocycles. The fourth-order valence-corrected chi connectivity index (χ4v) is 6.24. The van der Waals surface area contributed by atoms with Gasteiger partial charge >= 0.3 is 0 Å². The fraction of sp³-hybridized carbons (Fsp3) is 0.667. The summed E-state index contributed by atoms with van der Waals surface area (Å²) in [6.07, 6.45) is 9.59. The molecule has 1 aromatic carbocycles. The van der Waals surface area contributed by atoms with Gasteiger partial charge in [-0.2, -0.15) is 0 Å². The van der Waals surface area contributed by atoms with Crippen LogP contribution >= 0.6 is 15.9 Å². The number of amides is 1. The predicted octanol–water partition coefficient (Wildman–Crippen LogP) is 4.22. The molecule has 28 heavy (non-hydrogen) atoms. The molecule has 0 unspecified atom stereocenters. The Labute approximate surface area is 177 Å². The fourth-order valence-electron chi connectivity index (χ4n) is 4.24.